The van der Waals surface area contributed by atoms with Gasteiger partial charge >= 0.3 is 5.97 Å². The fraction of sp³-hybridized carbons (Fsp3) is 0.700. The van der Waals surface area contributed by atoms with Crippen LogP contribution in [0.1, 0.15) is 33.6 Å². The number of carboxylic acid groups (broad SMARTS) is 1. The third-order valence-electron chi connectivity index (χ3n) is 5.53. The molecule has 0 spiro atoms. The number of carbonyl (C=O) groups is 6. The number of amides is 5. The van der Waals surface area contributed by atoms with Gasteiger partial charge in [-0.1, -0.05) is 20.3 Å². The van der Waals surface area contributed by atoms with Crippen molar-refractivity contribution in [3.8, 4) is 0 Å². The van der Waals surface area contributed by atoms with Gasteiger partial charge in [-0.3, -0.25) is 28.8 Å². The minimum Gasteiger partial charge on any atom is -0.480 e. The van der Waals surface area contributed by atoms with Gasteiger partial charge in [0, 0.05) is 5.75 Å². The molecule has 1 saturated heterocycles. The van der Waals surface area contributed by atoms with Crippen molar-refractivity contribution < 1.29 is 39.0 Å². The first kappa shape index (κ1) is 30.1. The summed E-state index contributed by atoms with van der Waals surface area (Å²) in [7, 11) is 0. The third kappa shape index (κ3) is 8.99. The number of carbonyl (C=O) groups excluding carboxylic acids is 5. The first-order chi connectivity index (χ1) is 16.3. The Labute approximate surface area is 206 Å². The number of hydrogen-bond acceptors (Lipinski definition) is 9. The van der Waals surface area contributed by atoms with Crippen LogP contribution >= 0.6 is 11.8 Å². The minimum atomic E-state index is -1.44. The van der Waals surface area contributed by atoms with Crippen molar-refractivity contribution in [3.63, 3.8) is 0 Å². The van der Waals surface area contributed by atoms with Gasteiger partial charge in [0.15, 0.2) is 0 Å². The van der Waals surface area contributed by atoms with E-state index in [1.54, 1.807) is 13.8 Å². The Morgan fingerprint density at radius 1 is 1.03 bits per heavy atom. The number of nitrogens with one attached hydrogen (secondary N) is 4. The molecule has 0 aromatic heterocycles. The van der Waals surface area contributed by atoms with Crippen molar-refractivity contribution in [2.24, 2.45) is 17.4 Å². The van der Waals surface area contributed by atoms with Crippen LogP contribution in [0.15, 0.2) is 0 Å². The van der Waals surface area contributed by atoms with Crippen LogP contribution < -0.4 is 32.7 Å². The number of hydrogen-bond donors (Lipinski definition) is 8. The van der Waals surface area contributed by atoms with Crippen LogP contribution in [0.4, 0.5) is 0 Å². The fourth-order valence-corrected chi connectivity index (χ4v) is 4.46. The molecule has 14 nitrogen and oxygen atoms in total. The van der Waals surface area contributed by atoms with Crippen molar-refractivity contribution in [3.05, 3.63) is 0 Å². The Morgan fingerprint density at radius 3 is 2.11 bits per heavy atom. The highest BCUT2D eigenvalue weighted by Crippen LogP contribution is 2.23. The van der Waals surface area contributed by atoms with E-state index in [0.29, 0.717) is 6.42 Å². The van der Waals surface area contributed by atoms with Crippen LogP contribution in [-0.2, 0) is 28.8 Å². The van der Waals surface area contributed by atoms with E-state index in [2.05, 4.69) is 21.3 Å². The summed E-state index contributed by atoms with van der Waals surface area (Å²) >= 11 is 0.815. The quantitative estimate of drug-likeness (QED) is 0.172. The Morgan fingerprint density at radius 2 is 1.60 bits per heavy atom. The van der Waals surface area contributed by atoms with Gasteiger partial charge < -0.3 is 42.9 Å². The molecule has 7 atom stereocenters. The Balaban J connectivity index is 3.42. The summed E-state index contributed by atoms with van der Waals surface area (Å²) in [4.78, 5) is 74.1. The van der Waals surface area contributed by atoms with Gasteiger partial charge in [0.25, 0.3) is 0 Å². The number of aliphatic hydroxyl groups is 1. The summed E-state index contributed by atoms with van der Waals surface area (Å²) in [6.45, 7) is 4.00. The molecule has 1 aliphatic rings. The predicted molar refractivity (Wildman–Crippen MR) is 126 cm³/mol. The van der Waals surface area contributed by atoms with E-state index in [-0.39, 0.29) is 11.7 Å². The lowest BCUT2D eigenvalue weighted by Crippen LogP contribution is -2.60. The molecule has 5 unspecified atom stereocenters. The van der Waals surface area contributed by atoms with Crippen LogP contribution in [0, 0.1) is 5.92 Å². The van der Waals surface area contributed by atoms with Gasteiger partial charge in [-0.15, -0.1) is 11.8 Å². The summed E-state index contributed by atoms with van der Waals surface area (Å²) in [6, 6.07) is -6.30. The van der Waals surface area contributed by atoms with Crippen molar-refractivity contribution in [2.45, 2.75) is 69.1 Å². The highest BCUT2D eigenvalue weighted by atomic mass is 32.2. The number of aliphatic carboxylic acids is 1. The van der Waals surface area contributed by atoms with Crippen molar-refractivity contribution in [2.75, 3.05) is 12.4 Å². The molecule has 0 aromatic carbocycles. The topological polar surface area (TPSA) is 243 Å². The molecule has 198 valence electrons. The summed E-state index contributed by atoms with van der Waals surface area (Å²) in [5, 5.41) is 27.6. The molecule has 35 heavy (non-hydrogen) atoms. The van der Waals surface area contributed by atoms with Crippen LogP contribution in [0.25, 0.3) is 0 Å². The van der Waals surface area contributed by atoms with Gasteiger partial charge in [-0.05, 0) is 12.8 Å². The van der Waals surface area contributed by atoms with Gasteiger partial charge in [-0.2, -0.15) is 0 Å². The lowest BCUT2D eigenvalue weighted by atomic mass is 9.95. The molecule has 5 amide bonds. The van der Waals surface area contributed by atoms with Gasteiger partial charge in [0.1, 0.15) is 23.4 Å². The lowest BCUT2D eigenvalue weighted by Gasteiger charge is -2.32. The second-order valence-electron chi connectivity index (χ2n) is 8.32. The zero-order chi connectivity index (χ0) is 26.9. The van der Waals surface area contributed by atoms with Crippen LogP contribution in [0.5, 0.6) is 0 Å². The minimum absolute atomic E-state index is 0.177. The molecule has 0 aliphatic carbocycles. The van der Waals surface area contributed by atoms with E-state index in [1.807, 2.05) is 0 Å². The zero-order valence-electron chi connectivity index (χ0n) is 19.8. The summed E-state index contributed by atoms with van der Waals surface area (Å²) in [5.74, 6) is -6.09. The van der Waals surface area contributed by atoms with E-state index in [0.717, 1.165) is 11.8 Å². The molecule has 0 radical (unpaired) electrons. The molecule has 15 heteroatoms. The molecular formula is C20H34N6O8S. The van der Waals surface area contributed by atoms with Gasteiger partial charge in [0.2, 0.25) is 29.5 Å². The van der Waals surface area contributed by atoms with Crippen molar-refractivity contribution in [1.29, 1.82) is 0 Å². The maximum absolute atomic E-state index is 13.0. The third-order valence-corrected chi connectivity index (χ3v) is 6.94. The SMILES string of the molecule is CCC(C)[C@H]1NC(=O)C(CC(N)=O)NC(=O)C(C)NC(=O)C(CO)NC(=O)[C@@H](N)CSC1C(=O)O. The van der Waals surface area contributed by atoms with E-state index in [1.165, 1.54) is 6.92 Å². The van der Waals surface area contributed by atoms with Gasteiger partial charge in [-0.25, -0.2) is 0 Å². The Bertz CT molecular complexity index is 827. The van der Waals surface area contributed by atoms with E-state index < -0.39 is 84.0 Å². The Hall–Kier alpha value is -2.91. The zero-order valence-corrected chi connectivity index (χ0v) is 20.6. The second kappa shape index (κ2) is 13.8. The van der Waals surface area contributed by atoms with E-state index in [4.69, 9.17) is 11.5 Å². The second-order valence-corrected chi connectivity index (χ2v) is 9.50. The van der Waals surface area contributed by atoms with E-state index in [9.17, 15) is 39.0 Å². The molecule has 1 fully saturated rings. The predicted octanol–water partition coefficient (Wildman–Crippen LogP) is -3.61. The standard InChI is InChI=1S/C20H34N6O8S/c1-4-8(2)14-15(20(33)34)35-7-10(21)17(30)25-12(6-27)19(32)23-9(3)16(29)24-11(5-13(22)28)18(31)26-14/h8-12,14-15,27H,4-7,21H2,1-3H3,(H2,22,28)(H,23,32)(H,24,29)(H,25,30)(H,26,31)(H,33,34)/t8?,9?,10-,11?,12?,14+,15?/m0/s1. The monoisotopic (exact) mass is 518 g/mol. The molecule has 1 heterocycles. The fourth-order valence-electron chi connectivity index (χ4n) is 3.21. The normalized spacial score (nSPS) is 30.3. The number of rotatable bonds is 6. The average molecular weight is 519 g/mol. The smallest absolute Gasteiger partial charge is 0.318 e. The highest BCUT2D eigenvalue weighted by Gasteiger charge is 2.37. The summed E-state index contributed by atoms with van der Waals surface area (Å²) in [6.07, 6.45) is -0.0908. The highest BCUT2D eigenvalue weighted by molar-refractivity contribution is 8.00. The lowest BCUT2D eigenvalue weighted by molar-refractivity contribution is -0.138. The number of primary amides is 1. The summed E-state index contributed by atoms with van der Waals surface area (Å²) in [5.41, 5.74) is 11.1. The first-order valence-electron chi connectivity index (χ1n) is 11.0. The van der Waals surface area contributed by atoms with Crippen LogP contribution in [0.3, 0.4) is 0 Å². The average Bonchev–Trinajstić information content (AvgIpc) is 2.78. The van der Waals surface area contributed by atoms with Crippen molar-refractivity contribution >= 4 is 47.3 Å². The summed E-state index contributed by atoms with van der Waals surface area (Å²) < 4.78 is 0. The molecule has 0 aromatic rings. The van der Waals surface area contributed by atoms with Gasteiger partial charge in [0.05, 0.1) is 25.1 Å². The first-order valence-corrected chi connectivity index (χ1v) is 12.1. The number of thioether (sulfide) groups is 1. The number of carboxylic acids is 1. The largest absolute Gasteiger partial charge is 0.480 e. The van der Waals surface area contributed by atoms with Crippen LogP contribution in [-0.4, -0.2) is 93.5 Å². The van der Waals surface area contributed by atoms with Crippen LogP contribution in [0.2, 0.25) is 0 Å². The van der Waals surface area contributed by atoms with Crippen molar-refractivity contribution in [1.82, 2.24) is 21.3 Å². The van der Waals surface area contributed by atoms with E-state index >= 15 is 0 Å². The Kier molecular flexibility index (Phi) is 11.9. The number of nitrogens with two attached hydrogens (primary N) is 2. The molecular weight excluding hydrogens is 484 g/mol. The maximum atomic E-state index is 13.0. The molecule has 10 N–H and O–H groups in total. The maximum Gasteiger partial charge on any atom is 0.318 e. The molecule has 1 aliphatic heterocycles. The molecule has 0 bridgehead atoms. The molecule has 1 rings (SSSR count). The molecule has 0 saturated carbocycles. The number of aliphatic hydroxyl groups excluding tert-OH is 1.